The Bertz CT molecular complexity index is 1300. The summed E-state index contributed by atoms with van der Waals surface area (Å²) in [5, 5.41) is 4.02. The van der Waals surface area contributed by atoms with Gasteiger partial charge in [0.15, 0.2) is 5.16 Å². The third-order valence-electron chi connectivity index (χ3n) is 5.04. The van der Waals surface area contributed by atoms with Crippen LogP contribution < -0.4 is 10.9 Å². The lowest BCUT2D eigenvalue weighted by Crippen LogP contribution is -2.23. The molecule has 0 bridgehead atoms. The van der Waals surface area contributed by atoms with Crippen molar-refractivity contribution in [2.75, 3.05) is 11.1 Å². The number of benzene rings is 3. The summed E-state index contributed by atoms with van der Waals surface area (Å²) in [5.74, 6) is 0.0121. The molecule has 0 atom stereocenters. The molecule has 0 unspecified atom stereocenters. The van der Waals surface area contributed by atoms with Crippen molar-refractivity contribution in [3.05, 3.63) is 94.3 Å². The Balaban J connectivity index is 1.66. The molecule has 1 heterocycles. The van der Waals surface area contributed by atoms with Gasteiger partial charge >= 0.3 is 0 Å². The number of para-hydroxylation sites is 2. The van der Waals surface area contributed by atoms with Gasteiger partial charge in [-0.05, 0) is 49.2 Å². The van der Waals surface area contributed by atoms with Gasteiger partial charge in [0.1, 0.15) is 0 Å². The maximum absolute atomic E-state index is 13.3. The molecule has 1 aromatic heterocycles. The average molecular weight is 430 g/mol. The molecule has 0 fully saturated rings. The molecule has 5 nitrogen and oxygen atoms in total. The van der Waals surface area contributed by atoms with Gasteiger partial charge in [-0.25, -0.2) is 4.98 Å². The van der Waals surface area contributed by atoms with Crippen molar-refractivity contribution >= 4 is 34.3 Å². The van der Waals surface area contributed by atoms with E-state index in [1.165, 1.54) is 11.8 Å². The van der Waals surface area contributed by atoms with Crippen LogP contribution in [-0.2, 0) is 11.2 Å². The van der Waals surface area contributed by atoms with E-state index in [9.17, 15) is 9.59 Å². The molecule has 4 aromatic rings. The summed E-state index contributed by atoms with van der Waals surface area (Å²) in [5.41, 5.74) is 4.21. The molecule has 6 heteroatoms. The first-order chi connectivity index (χ1) is 15.1. The predicted octanol–water partition coefficient (Wildman–Crippen LogP) is 4.99. The minimum Gasteiger partial charge on any atom is -0.325 e. The Labute approximate surface area is 185 Å². The van der Waals surface area contributed by atoms with Gasteiger partial charge < -0.3 is 5.32 Å². The summed E-state index contributed by atoms with van der Waals surface area (Å²) in [6.45, 7) is 4.05. The summed E-state index contributed by atoms with van der Waals surface area (Å²) in [4.78, 5) is 30.6. The highest BCUT2D eigenvalue weighted by Crippen LogP contribution is 2.22. The van der Waals surface area contributed by atoms with Crippen molar-refractivity contribution in [1.29, 1.82) is 0 Å². The molecule has 31 heavy (non-hydrogen) atoms. The van der Waals surface area contributed by atoms with Crippen LogP contribution in [0.15, 0.2) is 82.7 Å². The van der Waals surface area contributed by atoms with Crippen LogP contribution in [0.3, 0.4) is 0 Å². The number of carbonyl (C=O) groups is 1. The molecule has 4 rings (SSSR count). The van der Waals surface area contributed by atoms with Crippen LogP contribution in [0.25, 0.3) is 16.6 Å². The zero-order chi connectivity index (χ0) is 21.8. The number of rotatable bonds is 6. The van der Waals surface area contributed by atoms with E-state index in [4.69, 9.17) is 4.98 Å². The van der Waals surface area contributed by atoms with Gasteiger partial charge in [-0.3, -0.25) is 14.2 Å². The van der Waals surface area contributed by atoms with Crippen molar-refractivity contribution in [3.8, 4) is 5.69 Å². The molecule has 156 valence electrons. The van der Waals surface area contributed by atoms with Gasteiger partial charge in [-0.1, -0.05) is 66.7 Å². The molecule has 0 aliphatic carbocycles. The first kappa shape index (κ1) is 20.9. The number of amides is 1. The second kappa shape index (κ2) is 9.18. The fourth-order valence-electron chi connectivity index (χ4n) is 3.40. The van der Waals surface area contributed by atoms with Gasteiger partial charge in [0.05, 0.1) is 22.3 Å². The van der Waals surface area contributed by atoms with Gasteiger partial charge in [-0.15, -0.1) is 0 Å². The zero-order valence-electron chi connectivity index (χ0n) is 17.5. The largest absolute Gasteiger partial charge is 0.325 e. The van der Waals surface area contributed by atoms with Crippen LogP contribution in [0.2, 0.25) is 0 Å². The molecular formula is C25H23N3O2S. The number of nitrogens with one attached hydrogen (secondary N) is 1. The van der Waals surface area contributed by atoms with E-state index < -0.39 is 0 Å². The van der Waals surface area contributed by atoms with Crippen molar-refractivity contribution in [2.24, 2.45) is 0 Å². The number of nitrogens with zero attached hydrogens (tertiary/aromatic N) is 2. The molecule has 0 aliphatic heterocycles. The Morgan fingerprint density at radius 2 is 1.71 bits per heavy atom. The fourth-order valence-corrected chi connectivity index (χ4v) is 4.21. The van der Waals surface area contributed by atoms with Crippen LogP contribution in [0.4, 0.5) is 5.69 Å². The van der Waals surface area contributed by atoms with Gasteiger partial charge in [0, 0.05) is 5.69 Å². The molecule has 1 N–H and O–H groups in total. The highest BCUT2D eigenvalue weighted by atomic mass is 32.2. The number of hydrogen-bond donors (Lipinski definition) is 1. The summed E-state index contributed by atoms with van der Waals surface area (Å²) >= 11 is 1.26. The lowest BCUT2D eigenvalue weighted by Gasteiger charge is -2.14. The highest BCUT2D eigenvalue weighted by molar-refractivity contribution is 7.99. The fraction of sp³-hybridized carbons (Fsp3) is 0.160. The smallest absolute Gasteiger partial charge is 0.266 e. The molecular weight excluding hydrogens is 406 g/mol. The number of thioether (sulfide) groups is 1. The second-order valence-electron chi connectivity index (χ2n) is 7.24. The van der Waals surface area contributed by atoms with Crippen LogP contribution in [-0.4, -0.2) is 21.2 Å². The zero-order valence-corrected chi connectivity index (χ0v) is 18.3. The maximum atomic E-state index is 13.3. The quantitative estimate of drug-likeness (QED) is 0.347. The normalized spacial score (nSPS) is 10.9. The van der Waals surface area contributed by atoms with Crippen molar-refractivity contribution in [3.63, 3.8) is 0 Å². The monoisotopic (exact) mass is 429 g/mol. The Kier molecular flexibility index (Phi) is 6.18. The third kappa shape index (κ3) is 4.54. The van der Waals surface area contributed by atoms with E-state index in [0.717, 1.165) is 28.9 Å². The van der Waals surface area contributed by atoms with Crippen molar-refractivity contribution in [2.45, 2.75) is 25.4 Å². The van der Waals surface area contributed by atoms with Crippen LogP contribution in [0, 0.1) is 6.92 Å². The number of anilines is 1. The van der Waals surface area contributed by atoms with Crippen molar-refractivity contribution in [1.82, 2.24) is 9.55 Å². The number of aromatic nitrogens is 2. The lowest BCUT2D eigenvalue weighted by molar-refractivity contribution is -0.113. The van der Waals surface area contributed by atoms with E-state index in [1.807, 2.05) is 73.7 Å². The highest BCUT2D eigenvalue weighted by Gasteiger charge is 2.15. The predicted molar refractivity (Wildman–Crippen MR) is 127 cm³/mol. The maximum Gasteiger partial charge on any atom is 0.266 e. The molecule has 0 saturated heterocycles. The second-order valence-corrected chi connectivity index (χ2v) is 8.18. The van der Waals surface area contributed by atoms with Crippen LogP contribution in [0.1, 0.15) is 18.1 Å². The molecule has 0 aliphatic rings. The van der Waals surface area contributed by atoms with Gasteiger partial charge in [0.25, 0.3) is 5.56 Å². The standard InChI is InChI=1S/C25H23N3O2S/c1-3-18-8-4-6-10-21(18)26-23(29)16-31-25-27-22-11-7-5-9-20(22)24(30)28(25)19-14-12-17(2)13-15-19/h4-15H,3,16H2,1-2H3,(H,26,29). The number of aryl methyl sites for hydroxylation is 2. The molecule has 0 saturated carbocycles. The summed E-state index contributed by atoms with van der Waals surface area (Å²) in [7, 11) is 0. The first-order valence-corrected chi connectivity index (χ1v) is 11.1. The molecule has 0 radical (unpaired) electrons. The minimum atomic E-state index is -0.145. The molecule has 0 spiro atoms. The van der Waals surface area contributed by atoms with Crippen molar-refractivity contribution < 1.29 is 4.79 Å². The van der Waals surface area contributed by atoms with Gasteiger partial charge in [-0.2, -0.15) is 0 Å². The van der Waals surface area contributed by atoms with Gasteiger partial charge in [0.2, 0.25) is 5.91 Å². The Morgan fingerprint density at radius 3 is 2.48 bits per heavy atom. The number of hydrogen-bond acceptors (Lipinski definition) is 4. The lowest BCUT2D eigenvalue weighted by atomic mass is 10.1. The van der Waals surface area contributed by atoms with Crippen LogP contribution in [0.5, 0.6) is 0 Å². The topological polar surface area (TPSA) is 64.0 Å². The number of carbonyl (C=O) groups excluding carboxylic acids is 1. The minimum absolute atomic E-state index is 0.135. The summed E-state index contributed by atoms with van der Waals surface area (Å²) in [6.07, 6.45) is 0.836. The van der Waals surface area contributed by atoms with E-state index >= 15 is 0 Å². The van der Waals surface area contributed by atoms with E-state index in [0.29, 0.717) is 16.1 Å². The third-order valence-corrected chi connectivity index (χ3v) is 5.98. The first-order valence-electron chi connectivity index (χ1n) is 10.2. The Morgan fingerprint density at radius 1 is 1.00 bits per heavy atom. The SMILES string of the molecule is CCc1ccccc1NC(=O)CSc1nc2ccccc2c(=O)n1-c1ccc(C)cc1. The average Bonchev–Trinajstić information content (AvgIpc) is 2.79. The molecule has 1 amide bonds. The molecule has 3 aromatic carbocycles. The van der Waals surface area contributed by atoms with E-state index in [1.54, 1.807) is 10.6 Å². The summed E-state index contributed by atoms with van der Waals surface area (Å²) < 4.78 is 1.58. The summed E-state index contributed by atoms with van der Waals surface area (Å²) in [6, 6.07) is 22.8. The van der Waals surface area contributed by atoms with E-state index in [2.05, 4.69) is 12.2 Å². The van der Waals surface area contributed by atoms with E-state index in [-0.39, 0.29) is 17.2 Å². The Hall–Kier alpha value is -3.38. The number of fused-ring (bicyclic) bond motifs is 1. The van der Waals surface area contributed by atoms with Crippen LogP contribution >= 0.6 is 11.8 Å².